The molecule has 0 N–H and O–H groups in total. The zero-order valence-corrected chi connectivity index (χ0v) is 14.0. The number of carbonyl (C=O) groups excluding carboxylic acids is 2. The molecule has 2 aromatic rings. The molecule has 0 aromatic heterocycles. The number of para-hydroxylation sites is 1. The molecule has 0 fully saturated rings. The van der Waals surface area contributed by atoms with Crippen molar-refractivity contribution in [3.8, 4) is 5.75 Å². The number of hydrogen-bond donors (Lipinski definition) is 0. The van der Waals surface area contributed by atoms with E-state index in [-0.39, 0.29) is 0 Å². The monoisotopic (exact) mass is 324 g/mol. The zero-order valence-electron chi connectivity index (χ0n) is 14.0. The Bertz CT molecular complexity index is 762. The highest BCUT2D eigenvalue weighted by Crippen LogP contribution is 2.30. The molecule has 124 valence electrons. The van der Waals surface area contributed by atoms with Gasteiger partial charge in [-0.3, -0.25) is 9.59 Å². The van der Waals surface area contributed by atoms with E-state index < -0.39 is 18.0 Å². The molecule has 2 aromatic carbocycles. The van der Waals surface area contributed by atoms with Crippen molar-refractivity contribution >= 4 is 18.0 Å². The second-order valence-corrected chi connectivity index (χ2v) is 5.38. The molecule has 0 bridgehead atoms. The molecule has 0 aliphatic heterocycles. The molecule has 0 saturated carbocycles. The molecule has 2 rings (SSSR count). The van der Waals surface area contributed by atoms with Crippen LogP contribution < -0.4 is 4.74 Å². The fourth-order valence-corrected chi connectivity index (χ4v) is 2.31. The highest BCUT2D eigenvalue weighted by atomic mass is 16.6. The first-order valence-electron chi connectivity index (χ1n) is 7.66. The topological polar surface area (TPSA) is 52.6 Å². The zero-order chi connectivity index (χ0) is 17.5. The lowest BCUT2D eigenvalue weighted by Gasteiger charge is -2.17. The highest BCUT2D eigenvalue weighted by molar-refractivity contribution is 5.70. The van der Waals surface area contributed by atoms with E-state index in [0.29, 0.717) is 11.3 Å². The normalized spacial score (nSPS) is 12.0. The highest BCUT2D eigenvalue weighted by Gasteiger charge is 2.17. The minimum Gasteiger partial charge on any atom is -0.453 e. The number of benzene rings is 2. The molecule has 0 aliphatic rings. The van der Waals surface area contributed by atoms with Crippen LogP contribution in [0.25, 0.3) is 6.08 Å². The maximum absolute atomic E-state index is 11.5. The maximum Gasteiger partial charge on any atom is 0.308 e. The van der Waals surface area contributed by atoms with Gasteiger partial charge in [0.15, 0.2) is 0 Å². The standard InChI is InChI=1S/C20H20O4/c1-14-8-4-5-9-17(14)12-13-20(24-16(3)22)18-10-6-7-11-19(18)23-15(2)21/h4-13,20H,1-3H3. The summed E-state index contributed by atoms with van der Waals surface area (Å²) in [6, 6.07) is 14.9. The first-order valence-corrected chi connectivity index (χ1v) is 7.66. The van der Waals surface area contributed by atoms with Crippen molar-refractivity contribution in [2.75, 3.05) is 0 Å². The van der Waals surface area contributed by atoms with Crippen LogP contribution in [0, 0.1) is 6.92 Å². The number of ether oxygens (including phenoxy) is 2. The molecule has 0 spiro atoms. The lowest BCUT2D eigenvalue weighted by Crippen LogP contribution is -2.10. The minimum atomic E-state index is -0.641. The van der Waals surface area contributed by atoms with Gasteiger partial charge in [0.05, 0.1) is 0 Å². The Hall–Kier alpha value is -2.88. The molecule has 0 saturated heterocycles. The van der Waals surface area contributed by atoms with Gasteiger partial charge in [0, 0.05) is 19.4 Å². The Morgan fingerprint density at radius 3 is 2.29 bits per heavy atom. The Labute approximate surface area is 141 Å². The van der Waals surface area contributed by atoms with Crippen molar-refractivity contribution in [3.05, 3.63) is 71.3 Å². The third-order valence-corrected chi connectivity index (χ3v) is 3.41. The van der Waals surface area contributed by atoms with Crippen molar-refractivity contribution in [2.24, 2.45) is 0 Å². The SMILES string of the molecule is CC(=O)Oc1ccccc1C(C=Cc1ccccc1C)OC(C)=O. The van der Waals surface area contributed by atoms with E-state index in [1.54, 1.807) is 30.3 Å². The summed E-state index contributed by atoms with van der Waals surface area (Å²) in [6.07, 6.45) is 3.04. The Morgan fingerprint density at radius 2 is 1.62 bits per heavy atom. The molecular formula is C20H20O4. The molecule has 0 aliphatic carbocycles. The minimum absolute atomic E-state index is 0.380. The number of carbonyl (C=O) groups is 2. The molecule has 0 amide bonds. The lowest BCUT2D eigenvalue weighted by atomic mass is 10.0. The van der Waals surface area contributed by atoms with Crippen molar-refractivity contribution < 1.29 is 19.1 Å². The van der Waals surface area contributed by atoms with Gasteiger partial charge in [-0.05, 0) is 30.2 Å². The van der Waals surface area contributed by atoms with Crippen molar-refractivity contribution in [3.63, 3.8) is 0 Å². The molecular weight excluding hydrogens is 304 g/mol. The van der Waals surface area contributed by atoms with Crippen LogP contribution >= 0.6 is 0 Å². The number of rotatable bonds is 5. The van der Waals surface area contributed by atoms with E-state index >= 15 is 0 Å². The van der Waals surface area contributed by atoms with Gasteiger partial charge in [0.25, 0.3) is 0 Å². The van der Waals surface area contributed by atoms with Crippen LogP contribution in [0.15, 0.2) is 54.6 Å². The van der Waals surface area contributed by atoms with E-state index in [4.69, 9.17) is 9.47 Å². The van der Waals surface area contributed by atoms with Gasteiger partial charge in [-0.25, -0.2) is 0 Å². The van der Waals surface area contributed by atoms with E-state index in [9.17, 15) is 9.59 Å². The third kappa shape index (κ3) is 4.81. The van der Waals surface area contributed by atoms with E-state index in [0.717, 1.165) is 11.1 Å². The van der Waals surface area contributed by atoms with E-state index in [1.165, 1.54) is 13.8 Å². The summed E-state index contributed by atoms with van der Waals surface area (Å²) in [4.78, 5) is 22.8. The van der Waals surface area contributed by atoms with E-state index in [2.05, 4.69) is 0 Å². The Kier molecular flexibility index (Phi) is 5.90. The van der Waals surface area contributed by atoms with Crippen LogP contribution in [-0.2, 0) is 14.3 Å². The fraction of sp³-hybridized carbons (Fsp3) is 0.200. The van der Waals surface area contributed by atoms with Crippen LogP contribution in [0.2, 0.25) is 0 Å². The smallest absolute Gasteiger partial charge is 0.308 e. The first kappa shape index (κ1) is 17.5. The summed E-state index contributed by atoms with van der Waals surface area (Å²) in [5, 5.41) is 0. The second-order valence-electron chi connectivity index (χ2n) is 5.38. The number of esters is 2. The van der Waals surface area contributed by atoms with Gasteiger partial charge in [0.2, 0.25) is 0 Å². The van der Waals surface area contributed by atoms with Crippen LogP contribution in [0.3, 0.4) is 0 Å². The predicted octanol–water partition coefficient (Wildman–Crippen LogP) is 4.24. The van der Waals surface area contributed by atoms with Gasteiger partial charge in [-0.1, -0.05) is 48.5 Å². The van der Waals surface area contributed by atoms with Gasteiger partial charge < -0.3 is 9.47 Å². The molecule has 0 radical (unpaired) electrons. The molecule has 4 heteroatoms. The molecule has 1 atom stereocenters. The summed E-state index contributed by atoms with van der Waals surface area (Å²) in [5.41, 5.74) is 2.76. The fourth-order valence-electron chi connectivity index (χ4n) is 2.31. The van der Waals surface area contributed by atoms with Gasteiger partial charge in [-0.2, -0.15) is 0 Å². The molecule has 1 unspecified atom stereocenters. The van der Waals surface area contributed by atoms with Crippen LogP contribution in [0.4, 0.5) is 0 Å². The summed E-state index contributed by atoms with van der Waals surface area (Å²) >= 11 is 0. The summed E-state index contributed by atoms with van der Waals surface area (Å²) in [6.45, 7) is 4.69. The number of hydrogen-bond acceptors (Lipinski definition) is 4. The van der Waals surface area contributed by atoms with Crippen LogP contribution in [-0.4, -0.2) is 11.9 Å². The Morgan fingerprint density at radius 1 is 0.958 bits per heavy atom. The summed E-state index contributed by atoms with van der Waals surface area (Å²) in [5.74, 6) is -0.454. The third-order valence-electron chi connectivity index (χ3n) is 3.41. The summed E-state index contributed by atoms with van der Waals surface area (Å²) in [7, 11) is 0. The number of aryl methyl sites for hydroxylation is 1. The van der Waals surface area contributed by atoms with E-state index in [1.807, 2.05) is 37.3 Å². The Balaban J connectivity index is 2.37. The van der Waals surface area contributed by atoms with Gasteiger partial charge in [0.1, 0.15) is 11.9 Å². The first-order chi connectivity index (χ1) is 11.5. The molecule has 24 heavy (non-hydrogen) atoms. The summed E-state index contributed by atoms with van der Waals surface area (Å²) < 4.78 is 10.6. The second kappa shape index (κ2) is 8.11. The average Bonchev–Trinajstić information content (AvgIpc) is 2.52. The largest absolute Gasteiger partial charge is 0.453 e. The average molecular weight is 324 g/mol. The van der Waals surface area contributed by atoms with Crippen molar-refractivity contribution in [1.29, 1.82) is 0 Å². The predicted molar refractivity (Wildman–Crippen MR) is 92.5 cm³/mol. The maximum atomic E-state index is 11.5. The molecule has 4 nitrogen and oxygen atoms in total. The molecule has 0 heterocycles. The quantitative estimate of drug-likeness (QED) is 0.610. The van der Waals surface area contributed by atoms with Crippen molar-refractivity contribution in [2.45, 2.75) is 26.9 Å². The van der Waals surface area contributed by atoms with Crippen LogP contribution in [0.5, 0.6) is 5.75 Å². The van der Waals surface area contributed by atoms with Crippen LogP contribution in [0.1, 0.15) is 36.6 Å². The van der Waals surface area contributed by atoms with Gasteiger partial charge in [-0.15, -0.1) is 0 Å². The van der Waals surface area contributed by atoms with Gasteiger partial charge >= 0.3 is 11.9 Å². The van der Waals surface area contributed by atoms with Crippen molar-refractivity contribution in [1.82, 2.24) is 0 Å². The lowest BCUT2D eigenvalue weighted by molar-refractivity contribution is -0.144.